The standard InChI is InChI=1S/C18H13BrFNO3/c1-11-15(18(22)24-21-11)9-13-8-14(19)6-7-17(13)23-10-12-4-2-3-5-16(12)20/h2-9H,10H2,1H3/b15-9+. The third-order valence-corrected chi connectivity index (χ3v) is 3.98. The highest BCUT2D eigenvalue weighted by molar-refractivity contribution is 9.10. The number of rotatable bonds is 4. The van der Waals surface area contributed by atoms with Crippen molar-refractivity contribution in [1.82, 2.24) is 0 Å². The van der Waals surface area contributed by atoms with Crippen LogP contribution in [0.25, 0.3) is 6.08 Å². The maximum atomic E-state index is 13.7. The lowest BCUT2D eigenvalue weighted by Gasteiger charge is -2.11. The predicted octanol–water partition coefficient (Wildman–Crippen LogP) is 4.48. The van der Waals surface area contributed by atoms with E-state index in [0.29, 0.717) is 28.2 Å². The molecular formula is C18H13BrFNO3. The topological polar surface area (TPSA) is 47.9 Å². The zero-order chi connectivity index (χ0) is 17.1. The Labute approximate surface area is 146 Å². The molecule has 2 aromatic carbocycles. The molecule has 0 amide bonds. The summed E-state index contributed by atoms with van der Waals surface area (Å²) in [5.74, 6) is -0.300. The highest BCUT2D eigenvalue weighted by Crippen LogP contribution is 2.28. The smallest absolute Gasteiger partial charge is 0.367 e. The summed E-state index contributed by atoms with van der Waals surface area (Å²) in [5.41, 5.74) is 1.99. The highest BCUT2D eigenvalue weighted by atomic mass is 79.9. The SMILES string of the molecule is CC1=NOC(=O)/C1=C/c1cc(Br)ccc1OCc1ccccc1F. The molecule has 3 rings (SSSR count). The maximum absolute atomic E-state index is 13.7. The van der Waals surface area contributed by atoms with Crippen LogP contribution in [0.15, 0.2) is 57.7 Å². The Bertz CT molecular complexity index is 861. The number of oxime groups is 1. The number of nitrogens with zero attached hydrogens (tertiary/aromatic N) is 1. The first-order valence-corrected chi connectivity index (χ1v) is 7.97. The van der Waals surface area contributed by atoms with E-state index in [4.69, 9.17) is 4.74 Å². The van der Waals surface area contributed by atoms with Gasteiger partial charge in [-0.3, -0.25) is 0 Å². The van der Waals surface area contributed by atoms with E-state index in [9.17, 15) is 9.18 Å². The second kappa shape index (κ2) is 6.97. The number of ether oxygens (including phenoxy) is 1. The van der Waals surface area contributed by atoms with Crippen LogP contribution >= 0.6 is 15.9 Å². The van der Waals surface area contributed by atoms with E-state index in [1.165, 1.54) is 6.07 Å². The molecule has 0 radical (unpaired) electrons. The van der Waals surface area contributed by atoms with Gasteiger partial charge in [0.15, 0.2) is 0 Å². The first-order chi connectivity index (χ1) is 11.5. The van der Waals surface area contributed by atoms with Crippen molar-refractivity contribution < 1.29 is 18.8 Å². The number of halogens is 2. The van der Waals surface area contributed by atoms with Crippen molar-refractivity contribution in [1.29, 1.82) is 0 Å². The number of carbonyl (C=O) groups excluding carboxylic acids is 1. The second-order valence-corrected chi connectivity index (χ2v) is 6.09. The molecule has 0 atom stereocenters. The summed E-state index contributed by atoms with van der Waals surface area (Å²) in [4.78, 5) is 16.3. The molecule has 0 spiro atoms. The summed E-state index contributed by atoms with van der Waals surface area (Å²) in [5, 5.41) is 3.65. The van der Waals surface area contributed by atoms with Crippen LogP contribution in [0.2, 0.25) is 0 Å². The lowest BCUT2D eigenvalue weighted by molar-refractivity contribution is -0.136. The van der Waals surface area contributed by atoms with Gasteiger partial charge in [0.05, 0.1) is 11.3 Å². The van der Waals surface area contributed by atoms with Gasteiger partial charge in [-0.25, -0.2) is 9.18 Å². The second-order valence-electron chi connectivity index (χ2n) is 5.18. The lowest BCUT2D eigenvalue weighted by atomic mass is 10.1. The van der Waals surface area contributed by atoms with E-state index in [-0.39, 0.29) is 12.4 Å². The maximum Gasteiger partial charge on any atom is 0.367 e. The molecule has 0 saturated carbocycles. The van der Waals surface area contributed by atoms with Gasteiger partial charge in [0.25, 0.3) is 0 Å². The van der Waals surface area contributed by atoms with Crippen LogP contribution in [0.4, 0.5) is 4.39 Å². The van der Waals surface area contributed by atoms with Crippen LogP contribution in [0.5, 0.6) is 5.75 Å². The van der Waals surface area contributed by atoms with Crippen LogP contribution in [0.1, 0.15) is 18.1 Å². The molecule has 0 bridgehead atoms. The summed E-state index contributed by atoms with van der Waals surface area (Å²) < 4.78 is 20.3. The normalized spacial score (nSPS) is 15.4. The van der Waals surface area contributed by atoms with Gasteiger partial charge < -0.3 is 9.57 Å². The van der Waals surface area contributed by atoms with Crippen LogP contribution in [-0.2, 0) is 16.2 Å². The van der Waals surface area contributed by atoms with Gasteiger partial charge in [-0.2, -0.15) is 0 Å². The summed E-state index contributed by atoms with van der Waals surface area (Å²) in [6.07, 6.45) is 1.65. The Kier molecular flexibility index (Phi) is 4.76. The average molecular weight is 390 g/mol. The minimum absolute atomic E-state index is 0.0853. The fraction of sp³-hybridized carbons (Fsp3) is 0.111. The van der Waals surface area contributed by atoms with E-state index in [1.807, 2.05) is 12.1 Å². The zero-order valence-electron chi connectivity index (χ0n) is 12.8. The third kappa shape index (κ3) is 3.54. The number of hydrogen-bond donors (Lipinski definition) is 0. The Hall–Kier alpha value is -2.47. The summed E-state index contributed by atoms with van der Waals surface area (Å²) in [6, 6.07) is 11.8. The number of carbonyl (C=O) groups is 1. The molecule has 1 heterocycles. The molecular weight excluding hydrogens is 377 g/mol. The lowest BCUT2D eigenvalue weighted by Crippen LogP contribution is -2.03. The van der Waals surface area contributed by atoms with Crippen molar-refractivity contribution in [2.75, 3.05) is 0 Å². The van der Waals surface area contributed by atoms with Gasteiger partial charge in [-0.1, -0.05) is 39.3 Å². The van der Waals surface area contributed by atoms with Gasteiger partial charge in [-0.05, 0) is 37.3 Å². The molecule has 0 N–H and O–H groups in total. The monoisotopic (exact) mass is 389 g/mol. The van der Waals surface area contributed by atoms with Crippen molar-refractivity contribution in [3.63, 3.8) is 0 Å². The van der Waals surface area contributed by atoms with E-state index < -0.39 is 5.97 Å². The quantitative estimate of drug-likeness (QED) is 0.571. The van der Waals surface area contributed by atoms with E-state index in [2.05, 4.69) is 25.9 Å². The van der Waals surface area contributed by atoms with Crippen LogP contribution in [-0.4, -0.2) is 11.7 Å². The number of hydrogen-bond acceptors (Lipinski definition) is 4. The Balaban J connectivity index is 1.89. The van der Waals surface area contributed by atoms with Crippen LogP contribution in [0, 0.1) is 5.82 Å². The molecule has 0 fully saturated rings. The number of benzene rings is 2. The minimum Gasteiger partial charge on any atom is -0.488 e. The molecule has 0 aliphatic carbocycles. The van der Waals surface area contributed by atoms with E-state index in [1.54, 1.807) is 37.3 Å². The first kappa shape index (κ1) is 16.4. The first-order valence-electron chi connectivity index (χ1n) is 7.18. The van der Waals surface area contributed by atoms with E-state index in [0.717, 1.165) is 4.47 Å². The summed E-state index contributed by atoms with van der Waals surface area (Å²) in [7, 11) is 0. The van der Waals surface area contributed by atoms with Crippen molar-refractivity contribution in [2.24, 2.45) is 5.16 Å². The van der Waals surface area contributed by atoms with Gasteiger partial charge in [0.1, 0.15) is 18.2 Å². The molecule has 0 unspecified atom stereocenters. The highest BCUT2D eigenvalue weighted by Gasteiger charge is 2.22. The fourth-order valence-corrected chi connectivity index (χ4v) is 2.59. The van der Waals surface area contributed by atoms with E-state index >= 15 is 0 Å². The molecule has 2 aromatic rings. The van der Waals surface area contributed by atoms with Crippen molar-refractivity contribution in [2.45, 2.75) is 13.5 Å². The molecule has 122 valence electrons. The predicted molar refractivity (Wildman–Crippen MR) is 92.1 cm³/mol. The Morgan fingerprint density at radius 2 is 2.08 bits per heavy atom. The molecule has 0 aromatic heterocycles. The van der Waals surface area contributed by atoms with Crippen molar-refractivity contribution >= 4 is 33.7 Å². The zero-order valence-corrected chi connectivity index (χ0v) is 14.3. The molecule has 1 aliphatic rings. The molecule has 1 aliphatic heterocycles. The summed E-state index contributed by atoms with van der Waals surface area (Å²) in [6.45, 7) is 1.77. The van der Waals surface area contributed by atoms with Crippen LogP contribution < -0.4 is 4.74 Å². The average Bonchev–Trinajstić information content (AvgIpc) is 2.87. The molecule has 6 heteroatoms. The minimum atomic E-state index is -0.507. The van der Waals surface area contributed by atoms with Gasteiger partial charge in [-0.15, -0.1) is 0 Å². The Morgan fingerprint density at radius 1 is 1.29 bits per heavy atom. The van der Waals surface area contributed by atoms with Gasteiger partial charge in [0, 0.05) is 15.6 Å². The van der Waals surface area contributed by atoms with Gasteiger partial charge >= 0.3 is 5.97 Å². The fourth-order valence-electron chi connectivity index (χ4n) is 2.21. The third-order valence-electron chi connectivity index (χ3n) is 3.49. The van der Waals surface area contributed by atoms with Crippen LogP contribution in [0.3, 0.4) is 0 Å². The molecule has 0 saturated heterocycles. The molecule has 4 nitrogen and oxygen atoms in total. The summed E-state index contributed by atoms with van der Waals surface area (Å²) >= 11 is 3.39. The van der Waals surface area contributed by atoms with Crippen molar-refractivity contribution in [3.8, 4) is 5.75 Å². The Morgan fingerprint density at radius 3 is 2.79 bits per heavy atom. The largest absolute Gasteiger partial charge is 0.488 e. The van der Waals surface area contributed by atoms with Crippen molar-refractivity contribution in [3.05, 3.63) is 69.5 Å². The van der Waals surface area contributed by atoms with Gasteiger partial charge in [0.2, 0.25) is 0 Å². The molecule has 24 heavy (non-hydrogen) atoms.